The molecule has 0 unspecified atom stereocenters. The summed E-state index contributed by atoms with van der Waals surface area (Å²) in [6, 6.07) is 4.83. The molecule has 1 N–H and O–H groups in total. The Morgan fingerprint density at radius 3 is 2.60 bits per heavy atom. The second kappa shape index (κ2) is 6.39. The van der Waals surface area contributed by atoms with Crippen molar-refractivity contribution in [2.75, 3.05) is 19.3 Å². The van der Waals surface area contributed by atoms with Gasteiger partial charge in [-0.05, 0) is 25.0 Å². The predicted molar refractivity (Wildman–Crippen MR) is 77.7 cm³/mol. The van der Waals surface area contributed by atoms with Crippen molar-refractivity contribution in [1.29, 1.82) is 0 Å². The van der Waals surface area contributed by atoms with E-state index < -0.39 is 10.0 Å². The zero-order valence-electron chi connectivity index (χ0n) is 11.3. The van der Waals surface area contributed by atoms with Crippen molar-refractivity contribution in [3.63, 3.8) is 0 Å². The molecule has 1 saturated heterocycles. The van der Waals surface area contributed by atoms with Crippen LogP contribution in [-0.2, 0) is 16.6 Å². The quantitative estimate of drug-likeness (QED) is 0.923. The van der Waals surface area contributed by atoms with Gasteiger partial charge in [0, 0.05) is 36.3 Å². The highest BCUT2D eigenvalue weighted by molar-refractivity contribution is 7.88. The Bertz CT molecular complexity index is 572. The predicted octanol–water partition coefficient (Wildman–Crippen LogP) is 1.99. The number of halogens is 2. The number of hydrogen-bond donors (Lipinski definition) is 1. The molecule has 0 aromatic heterocycles. The van der Waals surface area contributed by atoms with E-state index in [0.29, 0.717) is 30.2 Å². The fraction of sp³-hybridized carbons (Fsp3) is 0.538. The topological polar surface area (TPSA) is 49.4 Å². The molecule has 0 bridgehead atoms. The summed E-state index contributed by atoms with van der Waals surface area (Å²) in [6.07, 6.45) is 2.70. The first-order chi connectivity index (χ1) is 9.36. The summed E-state index contributed by atoms with van der Waals surface area (Å²) in [7, 11) is -3.10. The Morgan fingerprint density at radius 1 is 1.40 bits per heavy atom. The van der Waals surface area contributed by atoms with E-state index in [1.54, 1.807) is 12.1 Å². The van der Waals surface area contributed by atoms with E-state index in [0.717, 1.165) is 12.8 Å². The molecule has 0 spiro atoms. The summed E-state index contributed by atoms with van der Waals surface area (Å²) in [5.41, 5.74) is 0.569. The third-order valence-electron chi connectivity index (χ3n) is 3.52. The molecule has 1 heterocycles. The molecule has 1 aromatic rings. The van der Waals surface area contributed by atoms with Gasteiger partial charge in [0.25, 0.3) is 0 Å². The fourth-order valence-corrected chi connectivity index (χ4v) is 3.34. The van der Waals surface area contributed by atoms with Crippen molar-refractivity contribution in [3.8, 4) is 0 Å². The molecule has 2 rings (SSSR count). The molecule has 1 fully saturated rings. The summed E-state index contributed by atoms with van der Waals surface area (Å²) in [5.74, 6) is -0.321. The van der Waals surface area contributed by atoms with Crippen LogP contribution in [-0.4, -0.2) is 38.1 Å². The maximum atomic E-state index is 13.6. The van der Waals surface area contributed by atoms with Gasteiger partial charge in [0.15, 0.2) is 0 Å². The van der Waals surface area contributed by atoms with Crippen LogP contribution >= 0.6 is 11.6 Å². The number of benzene rings is 1. The number of nitrogens with zero attached hydrogens (tertiary/aromatic N) is 1. The van der Waals surface area contributed by atoms with Crippen molar-refractivity contribution < 1.29 is 12.8 Å². The van der Waals surface area contributed by atoms with Crippen molar-refractivity contribution in [2.24, 2.45) is 0 Å². The lowest BCUT2D eigenvalue weighted by atomic mass is 10.1. The number of nitrogens with one attached hydrogen (secondary N) is 1. The van der Waals surface area contributed by atoms with Gasteiger partial charge in [-0.25, -0.2) is 17.1 Å². The molecule has 0 saturated carbocycles. The van der Waals surface area contributed by atoms with E-state index in [1.807, 2.05) is 0 Å². The van der Waals surface area contributed by atoms with Gasteiger partial charge in [-0.1, -0.05) is 17.7 Å². The number of hydrogen-bond acceptors (Lipinski definition) is 3. The average Bonchev–Trinajstić information content (AvgIpc) is 2.37. The van der Waals surface area contributed by atoms with Crippen LogP contribution in [0.3, 0.4) is 0 Å². The van der Waals surface area contributed by atoms with E-state index in [-0.39, 0.29) is 11.9 Å². The van der Waals surface area contributed by atoms with E-state index in [9.17, 15) is 12.8 Å². The molecule has 1 aromatic carbocycles. The summed E-state index contributed by atoms with van der Waals surface area (Å²) in [6.45, 7) is 1.45. The lowest BCUT2D eigenvalue weighted by molar-refractivity contribution is 0.289. The van der Waals surface area contributed by atoms with E-state index in [1.165, 1.54) is 16.6 Å². The van der Waals surface area contributed by atoms with Gasteiger partial charge in [-0.2, -0.15) is 0 Å². The van der Waals surface area contributed by atoms with Crippen LogP contribution in [0.4, 0.5) is 4.39 Å². The Kier molecular flexibility index (Phi) is 5.01. The van der Waals surface area contributed by atoms with Crippen LogP contribution < -0.4 is 5.32 Å². The van der Waals surface area contributed by atoms with Crippen LogP contribution in [0.15, 0.2) is 18.2 Å². The maximum absolute atomic E-state index is 13.6. The monoisotopic (exact) mass is 320 g/mol. The van der Waals surface area contributed by atoms with Crippen molar-refractivity contribution in [2.45, 2.75) is 25.4 Å². The second-order valence-corrected chi connectivity index (χ2v) is 7.47. The average molecular weight is 321 g/mol. The SMILES string of the molecule is CS(=O)(=O)N1CCC(NCc2ccc(Cl)cc2F)CC1. The summed E-state index contributed by atoms with van der Waals surface area (Å²) in [4.78, 5) is 0. The van der Waals surface area contributed by atoms with Gasteiger partial charge < -0.3 is 5.32 Å². The minimum Gasteiger partial charge on any atom is -0.310 e. The third kappa shape index (κ3) is 4.15. The number of rotatable bonds is 4. The molecule has 4 nitrogen and oxygen atoms in total. The second-order valence-electron chi connectivity index (χ2n) is 5.05. The van der Waals surface area contributed by atoms with Crippen LogP contribution in [0.2, 0.25) is 5.02 Å². The Morgan fingerprint density at radius 2 is 2.05 bits per heavy atom. The largest absolute Gasteiger partial charge is 0.310 e. The number of sulfonamides is 1. The molecule has 20 heavy (non-hydrogen) atoms. The van der Waals surface area contributed by atoms with Crippen molar-refractivity contribution in [1.82, 2.24) is 9.62 Å². The lowest BCUT2D eigenvalue weighted by Gasteiger charge is -2.30. The van der Waals surface area contributed by atoms with Gasteiger partial charge in [-0.15, -0.1) is 0 Å². The van der Waals surface area contributed by atoms with Gasteiger partial charge in [0.05, 0.1) is 6.26 Å². The first-order valence-electron chi connectivity index (χ1n) is 6.48. The molecule has 7 heteroatoms. The first-order valence-corrected chi connectivity index (χ1v) is 8.71. The highest BCUT2D eigenvalue weighted by Crippen LogP contribution is 2.17. The molecule has 0 aliphatic carbocycles. The van der Waals surface area contributed by atoms with Gasteiger partial charge in [0.2, 0.25) is 10.0 Å². The highest BCUT2D eigenvalue weighted by atomic mass is 35.5. The molecular weight excluding hydrogens is 303 g/mol. The van der Waals surface area contributed by atoms with Gasteiger partial charge >= 0.3 is 0 Å². The molecule has 0 atom stereocenters. The van der Waals surface area contributed by atoms with Gasteiger partial charge in [0.1, 0.15) is 5.82 Å². The minimum atomic E-state index is -3.10. The smallest absolute Gasteiger partial charge is 0.211 e. The molecule has 1 aliphatic heterocycles. The standard InChI is InChI=1S/C13H18ClFN2O2S/c1-20(18,19)17-6-4-12(5-7-17)16-9-10-2-3-11(14)8-13(10)15/h2-3,8,12,16H,4-7,9H2,1H3. The molecule has 0 radical (unpaired) electrons. The van der Waals surface area contributed by atoms with E-state index in [2.05, 4.69) is 5.32 Å². The zero-order valence-corrected chi connectivity index (χ0v) is 12.8. The summed E-state index contributed by atoms with van der Waals surface area (Å²) >= 11 is 5.70. The minimum absolute atomic E-state index is 0.211. The fourth-order valence-electron chi connectivity index (χ4n) is 2.31. The molecular formula is C13H18ClFN2O2S. The van der Waals surface area contributed by atoms with Crippen molar-refractivity contribution in [3.05, 3.63) is 34.6 Å². The van der Waals surface area contributed by atoms with Crippen LogP contribution in [0.5, 0.6) is 0 Å². The van der Waals surface area contributed by atoms with Crippen molar-refractivity contribution >= 4 is 21.6 Å². The van der Waals surface area contributed by atoms with Crippen LogP contribution in [0.1, 0.15) is 18.4 Å². The van der Waals surface area contributed by atoms with E-state index >= 15 is 0 Å². The molecule has 112 valence electrons. The molecule has 1 aliphatic rings. The molecule has 0 amide bonds. The normalized spacial score (nSPS) is 18.4. The Labute approximate surface area is 124 Å². The van der Waals surface area contributed by atoms with Gasteiger partial charge in [-0.3, -0.25) is 0 Å². The highest BCUT2D eigenvalue weighted by Gasteiger charge is 2.24. The first kappa shape index (κ1) is 15.7. The lowest BCUT2D eigenvalue weighted by Crippen LogP contribution is -2.44. The summed E-state index contributed by atoms with van der Waals surface area (Å²) in [5, 5.41) is 3.65. The third-order valence-corrected chi connectivity index (χ3v) is 5.06. The summed E-state index contributed by atoms with van der Waals surface area (Å²) < 4.78 is 37.9. The maximum Gasteiger partial charge on any atom is 0.211 e. The Hall–Kier alpha value is -0.690. The van der Waals surface area contributed by atoms with Crippen LogP contribution in [0.25, 0.3) is 0 Å². The zero-order chi connectivity index (χ0) is 14.8. The number of piperidine rings is 1. The van der Waals surface area contributed by atoms with Crippen LogP contribution in [0, 0.1) is 5.82 Å². The Balaban J connectivity index is 1.84. The van der Waals surface area contributed by atoms with E-state index in [4.69, 9.17) is 11.6 Å².